The second kappa shape index (κ2) is 7.36. The highest BCUT2D eigenvalue weighted by Crippen LogP contribution is 2.28. The number of anilines is 1. The van der Waals surface area contributed by atoms with Gasteiger partial charge in [0.2, 0.25) is 5.91 Å². The number of carbonyl (C=O) groups excluding carboxylic acids is 3. The van der Waals surface area contributed by atoms with E-state index in [2.05, 4.69) is 5.32 Å². The van der Waals surface area contributed by atoms with E-state index in [1.807, 2.05) is 0 Å². The molecule has 8 nitrogen and oxygen atoms in total. The second-order valence-electron chi connectivity index (χ2n) is 6.21. The van der Waals surface area contributed by atoms with Crippen LogP contribution in [-0.4, -0.2) is 36.1 Å². The van der Waals surface area contributed by atoms with Crippen molar-refractivity contribution < 1.29 is 19.3 Å². The van der Waals surface area contributed by atoms with Crippen molar-refractivity contribution in [3.8, 4) is 0 Å². The molecule has 2 aromatic rings. The normalized spacial score (nSPS) is 12.6. The van der Waals surface area contributed by atoms with Crippen LogP contribution in [0.3, 0.4) is 0 Å². The molecule has 1 heterocycles. The van der Waals surface area contributed by atoms with Gasteiger partial charge in [0.25, 0.3) is 11.6 Å². The van der Waals surface area contributed by atoms with Crippen molar-refractivity contribution in [2.24, 2.45) is 0 Å². The standard InChI is InChI=1S/C19H17N3O5/c1-21-16-6-5-12(9-14(16)11-18(21)24)17(23)7-8-20-19(25)13-3-2-4-15(10-13)22(26)27/h2-6,9-10H,7-8,11H2,1H3,(H,20,25). The average molecular weight is 367 g/mol. The van der Waals surface area contributed by atoms with Crippen molar-refractivity contribution in [3.63, 3.8) is 0 Å². The summed E-state index contributed by atoms with van der Waals surface area (Å²) in [5, 5.41) is 13.3. The number of nitrogens with zero attached hydrogens (tertiary/aromatic N) is 2. The summed E-state index contributed by atoms with van der Waals surface area (Å²) >= 11 is 0. The lowest BCUT2D eigenvalue weighted by molar-refractivity contribution is -0.384. The summed E-state index contributed by atoms with van der Waals surface area (Å²) in [4.78, 5) is 47.9. The molecule has 0 atom stereocenters. The Bertz CT molecular complexity index is 954. The Labute approximate surface area is 154 Å². The fourth-order valence-corrected chi connectivity index (χ4v) is 2.94. The lowest BCUT2D eigenvalue weighted by atomic mass is 10.0. The van der Waals surface area contributed by atoms with Gasteiger partial charge < -0.3 is 10.2 Å². The summed E-state index contributed by atoms with van der Waals surface area (Å²) in [5.74, 6) is -0.648. The lowest BCUT2D eigenvalue weighted by Gasteiger charge is -2.10. The summed E-state index contributed by atoms with van der Waals surface area (Å²) in [6.45, 7) is 0.107. The van der Waals surface area contributed by atoms with E-state index in [-0.39, 0.29) is 42.3 Å². The molecule has 0 aliphatic carbocycles. The third kappa shape index (κ3) is 3.84. The molecule has 1 N–H and O–H groups in total. The SMILES string of the molecule is CN1C(=O)Cc2cc(C(=O)CCNC(=O)c3cccc([N+](=O)[O-])c3)ccc21. The molecule has 1 aliphatic heterocycles. The number of hydrogen-bond acceptors (Lipinski definition) is 5. The van der Waals surface area contributed by atoms with Crippen LogP contribution in [0.1, 0.15) is 32.7 Å². The molecule has 138 valence electrons. The van der Waals surface area contributed by atoms with Crippen LogP contribution in [-0.2, 0) is 11.2 Å². The largest absolute Gasteiger partial charge is 0.352 e. The number of fused-ring (bicyclic) bond motifs is 1. The van der Waals surface area contributed by atoms with Crippen LogP contribution >= 0.6 is 0 Å². The van der Waals surface area contributed by atoms with Crippen LogP contribution in [0.4, 0.5) is 11.4 Å². The Hall–Kier alpha value is -3.55. The molecule has 1 aliphatic rings. The van der Waals surface area contributed by atoms with Gasteiger partial charge in [-0.15, -0.1) is 0 Å². The first kappa shape index (κ1) is 18.2. The summed E-state index contributed by atoms with van der Waals surface area (Å²) in [6, 6.07) is 10.5. The Morgan fingerprint density at radius 1 is 1.19 bits per heavy atom. The van der Waals surface area contributed by atoms with Crippen molar-refractivity contribution in [1.82, 2.24) is 5.32 Å². The predicted molar refractivity (Wildman–Crippen MR) is 97.9 cm³/mol. The summed E-state index contributed by atoms with van der Waals surface area (Å²) in [6.07, 6.45) is 0.361. The molecular formula is C19H17N3O5. The maximum absolute atomic E-state index is 12.3. The van der Waals surface area contributed by atoms with Crippen LogP contribution in [0.5, 0.6) is 0 Å². The van der Waals surface area contributed by atoms with Crippen molar-refractivity contribution >= 4 is 29.0 Å². The minimum Gasteiger partial charge on any atom is -0.352 e. The zero-order valence-corrected chi connectivity index (χ0v) is 14.6. The highest BCUT2D eigenvalue weighted by atomic mass is 16.6. The van der Waals surface area contributed by atoms with Crippen LogP contribution in [0.15, 0.2) is 42.5 Å². The minimum absolute atomic E-state index is 0.0150. The number of likely N-dealkylation sites (N-methyl/N-ethyl adjacent to an activating group) is 1. The average Bonchev–Trinajstić information content (AvgIpc) is 2.95. The Kier molecular flexibility index (Phi) is 4.98. The zero-order valence-electron chi connectivity index (χ0n) is 14.6. The molecule has 0 saturated heterocycles. The first-order valence-corrected chi connectivity index (χ1v) is 8.32. The molecule has 0 bridgehead atoms. The fourth-order valence-electron chi connectivity index (χ4n) is 2.94. The van der Waals surface area contributed by atoms with E-state index in [0.717, 1.165) is 11.3 Å². The topological polar surface area (TPSA) is 110 Å². The Morgan fingerprint density at radius 2 is 1.96 bits per heavy atom. The first-order valence-electron chi connectivity index (χ1n) is 8.32. The van der Waals surface area contributed by atoms with E-state index in [1.165, 1.54) is 24.3 Å². The van der Waals surface area contributed by atoms with E-state index in [1.54, 1.807) is 30.1 Å². The van der Waals surface area contributed by atoms with Gasteiger partial charge in [-0.25, -0.2) is 0 Å². The smallest absolute Gasteiger partial charge is 0.270 e. The maximum Gasteiger partial charge on any atom is 0.270 e. The van der Waals surface area contributed by atoms with Gasteiger partial charge in [-0.2, -0.15) is 0 Å². The molecule has 2 amide bonds. The zero-order chi connectivity index (χ0) is 19.6. The van der Waals surface area contributed by atoms with E-state index >= 15 is 0 Å². The van der Waals surface area contributed by atoms with Gasteiger partial charge in [-0.3, -0.25) is 24.5 Å². The quantitative estimate of drug-likeness (QED) is 0.478. The first-order chi connectivity index (χ1) is 12.9. The number of nitro groups is 1. The highest BCUT2D eigenvalue weighted by molar-refractivity contribution is 6.03. The maximum atomic E-state index is 12.3. The number of benzene rings is 2. The van der Waals surface area contributed by atoms with Gasteiger partial charge in [0, 0.05) is 49.0 Å². The Morgan fingerprint density at radius 3 is 2.70 bits per heavy atom. The number of rotatable bonds is 6. The number of hydrogen-bond donors (Lipinski definition) is 1. The van der Waals surface area contributed by atoms with E-state index in [4.69, 9.17) is 0 Å². The van der Waals surface area contributed by atoms with Crippen LogP contribution in [0.25, 0.3) is 0 Å². The van der Waals surface area contributed by atoms with Gasteiger partial charge in [-0.1, -0.05) is 6.07 Å². The summed E-state index contributed by atoms with van der Waals surface area (Å²) in [7, 11) is 1.69. The fraction of sp³-hybridized carbons (Fsp3) is 0.211. The van der Waals surface area contributed by atoms with Crippen molar-refractivity contribution in [2.45, 2.75) is 12.8 Å². The molecule has 0 saturated carbocycles. The highest BCUT2D eigenvalue weighted by Gasteiger charge is 2.24. The molecule has 2 aromatic carbocycles. The molecule has 0 unspecified atom stereocenters. The predicted octanol–water partition coefficient (Wildman–Crippen LogP) is 2.12. The number of nitrogens with one attached hydrogen (secondary N) is 1. The van der Waals surface area contributed by atoms with Gasteiger partial charge in [0.1, 0.15) is 0 Å². The van der Waals surface area contributed by atoms with Crippen molar-refractivity contribution in [3.05, 3.63) is 69.3 Å². The molecule has 27 heavy (non-hydrogen) atoms. The number of non-ortho nitro benzene ring substituents is 1. The molecule has 0 spiro atoms. The van der Waals surface area contributed by atoms with E-state index in [0.29, 0.717) is 5.56 Å². The van der Waals surface area contributed by atoms with Crippen molar-refractivity contribution in [2.75, 3.05) is 18.5 Å². The van der Waals surface area contributed by atoms with Crippen LogP contribution < -0.4 is 10.2 Å². The number of nitro benzene ring substituents is 1. The second-order valence-corrected chi connectivity index (χ2v) is 6.21. The number of carbonyl (C=O) groups is 3. The number of Topliss-reactive ketones (excluding diaryl/α,β-unsaturated/α-hetero) is 1. The molecule has 8 heteroatoms. The number of amides is 2. The molecule has 0 aromatic heterocycles. The lowest BCUT2D eigenvalue weighted by Crippen LogP contribution is -2.26. The summed E-state index contributed by atoms with van der Waals surface area (Å²) in [5.41, 5.74) is 2.10. The molecular weight excluding hydrogens is 350 g/mol. The molecule has 3 rings (SSSR count). The van der Waals surface area contributed by atoms with Gasteiger partial charge >= 0.3 is 0 Å². The van der Waals surface area contributed by atoms with E-state index < -0.39 is 10.8 Å². The van der Waals surface area contributed by atoms with Crippen LogP contribution in [0, 0.1) is 10.1 Å². The Balaban J connectivity index is 1.58. The van der Waals surface area contributed by atoms with Gasteiger partial charge in [0.15, 0.2) is 5.78 Å². The third-order valence-corrected chi connectivity index (χ3v) is 4.44. The van der Waals surface area contributed by atoms with Crippen molar-refractivity contribution in [1.29, 1.82) is 0 Å². The molecule has 0 radical (unpaired) electrons. The molecule has 0 fully saturated rings. The monoisotopic (exact) mass is 367 g/mol. The summed E-state index contributed by atoms with van der Waals surface area (Å²) < 4.78 is 0. The van der Waals surface area contributed by atoms with Crippen LogP contribution in [0.2, 0.25) is 0 Å². The number of ketones is 1. The third-order valence-electron chi connectivity index (χ3n) is 4.44. The minimum atomic E-state index is -0.573. The van der Waals surface area contributed by atoms with Gasteiger partial charge in [0.05, 0.1) is 11.3 Å². The van der Waals surface area contributed by atoms with Gasteiger partial charge in [-0.05, 0) is 29.8 Å². The van der Waals surface area contributed by atoms with E-state index in [9.17, 15) is 24.5 Å².